The van der Waals surface area contributed by atoms with Gasteiger partial charge in [-0.25, -0.2) is 0 Å². The van der Waals surface area contributed by atoms with Crippen molar-refractivity contribution in [2.75, 3.05) is 13.2 Å². The average Bonchev–Trinajstić information content (AvgIpc) is 2.99. The lowest BCUT2D eigenvalue weighted by molar-refractivity contribution is -0.323. The summed E-state index contributed by atoms with van der Waals surface area (Å²) in [6.07, 6.45) is -17.3. The first-order valence-corrected chi connectivity index (χ1v) is 13.2. The highest BCUT2D eigenvalue weighted by molar-refractivity contribution is 5.91. The number of aliphatic hydroxyl groups is 7. The molecule has 2 fully saturated rings. The van der Waals surface area contributed by atoms with Crippen molar-refractivity contribution in [3.63, 3.8) is 0 Å². The monoisotopic (exact) mass is 626 g/mol. The molecule has 0 bridgehead atoms. The summed E-state index contributed by atoms with van der Waals surface area (Å²) >= 11 is 0. The number of hydrogen-bond acceptors (Lipinski definition) is 17. The third-order valence-electron chi connectivity index (χ3n) is 7.35. The lowest BCUT2D eigenvalue weighted by atomic mass is 9.98. The lowest BCUT2D eigenvalue weighted by Gasteiger charge is -2.42. The number of benzene rings is 2. The van der Waals surface area contributed by atoms with Crippen molar-refractivity contribution >= 4 is 11.0 Å². The van der Waals surface area contributed by atoms with E-state index in [4.69, 9.17) is 23.4 Å². The summed E-state index contributed by atoms with van der Waals surface area (Å²) < 4.78 is 27.5. The first-order chi connectivity index (χ1) is 20.8. The van der Waals surface area contributed by atoms with E-state index in [9.17, 15) is 61.0 Å². The van der Waals surface area contributed by atoms with Gasteiger partial charge in [0.15, 0.2) is 34.6 Å². The fourth-order valence-corrected chi connectivity index (χ4v) is 4.87. The van der Waals surface area contributed by atoms with E-state index in [1.165, 1.54) is 6.07 Å². The number of ether oxygens (including phenoxy) is 4. The molecule has 240 valence electrons. The lowest BCUT2D eigenvalue weighted by Crippen LogP contribution is -2.62. The Morgan fingerprint density at radius 3 is 1.98 bits per heavy atom. The molecule has 2 saturated heterocycles. The molecule has 17 nitrogen and oxygen atoms in total. The summed E-state index contributed by atoms with van der Waals surface area (Å²) in [5.41, 5.74) is -1.25. The highest BCUT2D eigenvalue weighted by atomic mass is 16.7. The first kappa shape index (κ1) is 31.7. The molecule has 11 N–H and O–H groups in total. The van der Waals surface area contributed by atoms with Gasteiger partial charge in [0.2, 0.25) is 12.0 Å². The van der Waals surface area contributed by atoms with Crippen LogP contribution >= 0.6 is 0 Å². The van der Waals surface area contributed by atoms with Crippen LogP contribution in [0.2, 0.25) is 0 Å². The molecule has 0 spiro atoms. The maximum Gasteiger partial charge on any atom is 0.229 e. The second-order valence-corrected chi connectivity index (χ2v) is 10.3. The van der Waals surface area contributed by atoms with E-state index in [2.05, 4.69) is 0 Å². The number of fused-ring (bicyclic) bond motifs is 1. The van der Waals surface area contributed by atoms with Crippen molar-refractivity contribution in [1.29, 1.82) is 0 Å². The second kappa shape index (κ2) is 12.3. The summed E-state index contributed by atoms with van der Waals surface area (Å²) in [4.78, 5) is 12.9. The number of rotatable bonds is 7. The predicted octanol–water partition coefficient (Wildman–Crippen LogP) is -2.71. The minimum atomic E-state index is -1.97. The Morgan fingerprint density at radius 1 is 0.682 bits per heavy atom. The third-order valence-corrected chi connectivity index (χ3v) is 7.35. The Balaban J connectivity index is 1.43. The van der Waals surface area contributed by atoms with Crippen LogP contribution in [0.4, 0.5) is 0 Å². The van der Waals surface area contributed by atoms with E-state index in [0.717, 1.165) is 24.3 Å². The van der Waals surface area contributed by atoms with E-state index >= 15 is 0 Å². The Hall–Kier alpha value is -3.75. The molecule has 2 aliphatic heterocycles. The van der Waals surface area contributed by atoms with Gasteiger partial charge in [0.05, 0.1) is 13.2 Å². The Kier molecular flexibility index (Phi) is 8.87. The van der Waals surface area contributed by atoms with Crippen LogP contribution < -0.4 is 10.2 Å². The van der Waals surface area contributed by atoms with Gasteiger partial charge < -0.3 is 79.5 Å². The Bertz CT molecular complexity index is 1560. The molecule has 2 aliphatic rings. The highest BCUT2D eigenvalue weighted by Crippen LogP contribution is 2.42. The SMILES string of the molecule is O=c1cc(-c2ccc(O)c(O)c2)oc2c(O[C@@H]3O[C@@H](CO[C@@H]4O[C@H](CO)[C@@H](O)[C@H](O)[C@H]4O)[C@@H](O)[C@H](O)[C@H]3O)c(O)cc(O)c12. The van der Waals surface area contributed by atoms with Crippen molar-refractivity contribution in [2.45, 2.75) is 61.4 Å². The molecule has 0 amide bonds. The van der Waals surface area contributed by atoms with Gasteiger partial charge in [-0.15, -0.1) is 0 Å². The standard InChI is InChI=1S/C27H30O17/c28-6-15-18(34)20(36)22(38)26(42-15)40-7-16-19(35)21(37)23(39)27(43-16)44-24-13(33)4-11(31)17-12(32)5-14(41-25(17)24)8-1-2-9(29)10(30)3-8/h1-5,15-16,18-23,26-31,33-39H,6-7H2/t15-,16+,18-,19-,20+,21+,22-,23-,26-,27+/m1/s1. The van der Waals surface area contributed by atoms with Crippen LogP contribution in [0.5, 0.6) is 28.7 Å². The molecule has 3 aromatic rings. The van der Waals surface area contributed by atoms with Crippen molar-refractivity contribution in [1.82, 2.24) is 0 Å². The van der Waals surface area contributed by atoms with Crippen LogP contribution in [0.25, 0.3) is 22.3 Å². The largest absolute Gasteiger partial charge is 0.507 e. The number of phenolic OH excluding ortho intramolecular Hbond substituents is 4. The normalized spacial score (nSPS) is 32.5. The summed E-state index contributed by atoms with van der Waals surface area (Å²) in [5.74, 6) is -3.33. The van der Waals surface area contributed by atoms with Gasteiger partial charge in [-0.05, 0) is 18.2 Å². The maximum absolute atomic E-state index is 12.9. The Morgan fingerprint density at radius 2 is 1.32 bits per heavy atom. The van der Waals surface area contributed by atoms with Crippen LogP contribution in [0, 0.1) is 0 Å². The molecule has 1 aromatic heterocycles. The minimum Gasteiger partial charge on any atom is -0.507 e. The van der Waals surface area contributed by atoms with Gasteiger partial charge >= 0.3 is 0 Å². The molecule has 17 heteroatoms. The van der Waals surface area contributed by atoms with E-state index in [0.29, 0.717) is 0 Å². The topological polar surface area (TPSA) is 290 Å². The summed E-state index contributed by atoms with van der Waals surface area (Å²) in [7, 11) is 0. The Labute approximate surface area is 246 Å². The van der Waals surface area contributed by atoms with Crippen LogP contribution in [-0.4, -0.2) is 131 Å². The van der Waals surface area contributed by atoms with E-state index in [-0.39, 0.29) is 11.3 Å². The molecular weight excluding hydrogens is 596 g/mol. The maximum atomic E-state index is 12.9. The molecule has 3 heterocycles. The van der Waals surface area contributed by atoms with Crippen molar-refractivity contribution in [2.24, 2.45) is 0 Å². The molecule has 44 heavy (non-hydrogen) atoms. The van der Waals surface area contributed by atoms with E-state index < -0.39 is 120 Å². The number of hydrogen-bond donors (Lipinski definition) is 11. The molecule has 10 atom stereocenters. The zero-order chi connectivity index (χ0) is 32.0. The summed E-state index contributed by atoms with van der Waals surface area (Å²) in [6, 6.07) is 5.22. The van der Waals surface area contributed by atoms with E-state index in [1.54, 1.807) is 0 Å². The first-order valence-electron chi connectivity index (χ1n) is 13.2. The summed E-state index contributed by atoms with van der Waals surface area (Å²) in [6.45, 7) is -1.40. The molecule has 0 unspecified atom stereocenters. The number of aromatic hydroxyl groups is 4. The van der Waals surface area contributed by atoms with Gasteiger partial charge in [-0.1, -0.05) is 0 Å². The van der Waals surface area contributed by atoms with Crippen molar-refractivity contribution < 1.29 is 79.5 Å². The van der Waals surface area contributed by atoms with E-state index in [1.807, 2.05) is 0 Å². The van der Waals surface area contributed by atoms with Gasteiger partial charge in [0, 0.05) is 17.7 Å². The van der Waals surface area contributed by atoms with Crippen molar-refractivity contribution in [3.8, 4) is 40.1 Å². The predicted molar refractivity (Wildman–Crippen MR) is 142 cm³/mol. The van der Waals surface area contributed by atoms with Crippen LogP contribution in [0.1, 0.15) is 0 Å². The van der Waals surface area contributed by atoms with Crippen molar-refractivity contribution in [3.05, 3.63) is 40.6 Å². The number of phenols is 4. The second-order valence-electron chi connectivity index (χ2n) is 10.3. The van der Waals surface area contributed by atoms with Crippen LogP contribution in [-0.2, 0) is 14.2 Å². The minimum absolute atomic E-state index is 0.103. The molecular formula is C27H30O17. The molecule has 5 rings (SSSR count). The molecule has 0 saturated carbocycles. The fourth-order valence-electron chi connectivity index (χ4n) is 4.87. The van der Waals surface area contributed by atoms with Crippen LogP contribution in [0.15, 0.2) is 39.5 Å². The quantitative estimate of drug-likeness (QED) is 0.119. The van der Waals surface area contributed by atoms with Gasteiger partial charge in [-0.2, -0.15) is 0 Å². The molecule has 2 aromatic carbocycles. The van der Waals surface area contributed by atoms with Gasteiger partial charge in [-0.3, -0.25) is 4.79 Å². The van der Waals surface area contributed by atoms with Gasteiger partial charge in [0.25, 0.3) is 0 Å². The third kappa shape index (κ3) is 5.73. The zero-order valence-electron chi connectivity index (χ0n) is 22.4. The zero-order valence-corrected chi connectivity index (χ0v) is 22.4. The average molecular weight is 627 g/mol. The number of aliphatic hydroxyl groups excluding tert-OH is 7. The highest BCUT2D eigenvalue weighted by Gasteiger charge is 2.48. The summed E-state index contributed by atoms with van der Waals surface area (Å²) in [5, 5.41) is 111. The van der Waals surface area contributed by atoms with Gasteiger partial charge in [0.1, 0.15) is 65.7 Å². The smallest absolute Gasteiger partial charge is 0.229 e. The van der Waals surface area contributed by atoms with Crippen LogP contribution in [0.3, 0.4) is 0 Å². The molecule has 0 radical (unpaired) electrons. The molecule has 0 aliphatic carbocycles. The fraction of sp³-hybridized carbons (Fsp3) is 0.444.